The van der Waals surface area contributed by atoms with Crippen LogP contribution >= 0.6 is 11.3 Å². The second-order valence-electron chi connectivity index (χ2n) is 11.4. The van der Waals surface area contributed by atoms with Gasteiger partial charge in [0.15, 0.2) is 11.2 Å². The number of carbonyl (C=O) groups is 1. The highest BCUT2D eigenvalue weighted by atomic mass is 32.1. The lowest BCUT2D eigenvalue weighted by molar-refractivity contribution is -0.166. The Kier molecular flexibility index (Phi) is 10.9. The van der Waals surface area contributed by atoms with Gasteiger partial charge in [-0.1, -0.05) is 18.2 Å². The van der Waals surface area contributed by atoms with E-state index in [2.05, 4.69) is 18.3 Å². The van der Waals surface area contributed by atoms with E-state index in [0.717, 1.165) is 20.8 Å². The Hall–Kier alpha value is -4.39. The van der Waals surface area contributed by atoms with Crippen LogP contribution in [0, 0.1) is 12.8 Å². The third-order valence-electron chi connectivity index (χ3n) is 8.14. The summed E-state index contributed by atoms with van der Waals surface area (Å²) in [6.45, 7) is 5.46. The van der Waals surface area contributed by atoms with Crippen molar-refractivity contribution >= 4 is 44.1 Å². The lowest BCUT2D eigenvalue weighted by Crippen LogP contribution is -2.39. The minimum atomic E-state index is -0.823. The molecule has 0 radical (unpaired) electrons. The Morgan fingerprint density at radius 2 is 1.81 bits per heavy atom. The zero-order chi connectivity index (χ0) is 33.5. The number of hydrogen-bond acceptors (Lipinski definition) is 10. The molecule has 3 aromatic carbocycles. The summed E-state index contributed by atoms with van der Waals surface area (Å²) in [5.74, 6) is -1.34. The number of aliphatic hydroxyl groups excluding tert-OH is 1. The molecule has 6 rings (SSSR count). The molecule has 0 saturated carbocycles. The first-order chi connectivity index (χ1) is 23.4. The highest BCUT2D eigenvalue weighted by Crippen LogP contribution is 2.39. The second-order valence-corrected chi connectivity index (χ2v) is 12.5. The van der Waals surface area contributed by atoms with Crippen LogP contribution in [0.1, 0.15) is 30.4 Å². The van der Waals surface area contributed by atoms with Crippen LogP contribution in [-0.4, -0.2) is 61.9 Å². The van der Waals surface area contributed by atoms with E-state index >= 15 is 0 Å². The molecule has 3 unspecified atom stereocenters. The molecule has 0 fully saturated rings. The highest BCUT2D eigenvalue weighted by Gasteiger charge is 2.39. The van der Waals surface area contributed by atoms with E-state index in [1.54, 1.807) is 35.6 Å². The number of fused-ring (bicyclic) bond motifs is 2. The van der Waals surface area contributed by atoms with Crippen molar-refractivity contribution in [3.8, 4) is 10.6 Å². The highest BCUT2D eigenvalue weighted by molar-refractivity contribution is 7.21. The van der Waals surface area contributed by atoms with E-state index in [4.69, 9.17) is 33.5 Å². The Labute approximate surface area is 281 Å². The minimum absolute atomic E-state index is 0.0474. The molecule has 2 aromatic heterocycles. The second kappa shape index (κ2) is 15.7. The number of para-hydroxylation sites is 1. The van der Waals surface area contributed by atoms with E-state index in [9.17, 15) is 9.59 Å². The maximum atomic E-state index is 13.8. The molecule has 250 valence electrons. The van der Waals surface area contributed by atoms with E-state index < -0.39 is 18.1 Å². The van der Waals surface area contributed by atoms with Crippen LogP contribution < -0.4 is 10.7 Å². The fourth-order valence-electron chi connectivity index (χ4n) is 5.77. The molecule has 10 nitrogen and oxygen atoms in total. The van der Waals surface area contributed by atoms with Gasteiger partial charge in [0, 0.05) is 41.9 Å². The van der Waals surface area contributed by atoms with Crippen LogP contribution in [0.15, 0.2) is 94.0 Å². The molecular formula is C37H38N2O8S. The number of anilines is 1. The van der Waals surface area contributed by atoms with Gasteiger partial charge in [0.05, 0.1) is 48.3 Å². The summed E-state index contributed by atoms with van der Waals surface area (Å²) < 4.78 is 30.3. The SMILES string of the molecule is CCOC1OC(C(=O)Nc2ccc(-c3nc4ccc(C)cc4s3)cc2)=CC(c2coc3ccccc3c2=O)C1CCOCCOCCO. The third-order valence-corrected chi connectivity index (χ3v) is 9.21. The number of aromatic nitrogens is 1. The summed E-state index contributed by atoms with van der Waals surface area (Å²) in [7, 11) is 0. The Balaban J connectivity index is 1.24. The first kappa shape index (κ1) is 33.5. The molecule has 3 heterocycles. The molecule has 2 N–H and O–H groups in total. The smallest absolute Gasteiger partial charge is 0.290 e. The van der Waals surface area contributed by atoms with E-state index in [-0.39, 0.29) is 30.3 Å². The number of nitrogens with zero attached hydrogens (tertiary/aromatic N) is 1. The topological polar surface area (TPSA) is 129 Å². The average molecular weight is 671 g/mol. The molecule has 11 heteroatoms. The molecular weight excluding hydrogens is 632 g/mol. The van der Waals surface area contributed by atoms with Crippen molar-refractivity contribution in [2.75, 3.05) is 45.0 Å². The molecule has 1 aliphatic rings. The average Bonchev–Trinajstić information content (AvgIpc) is 3.52. The zero-order valence-corrected chi connectivity index (χ0v) is 27.7. The molecule has 1 amide bonds. The van der Waals surface area contributed by atoms with Gasteiger partial charge in [-0.25, -0.2) is 4.98 Å². The number of aliphatic hydroxyl groups is 1. The van der Waals surface area contributed by atoms with Crippen molar-refractivity contribution in [3.05, 3.63) is 106 Å². The maximum Gasteiger partial charge on any atom is 0.290 e. The quantitative estimate of drug-likeness (QED) is 0.129. The first-order valence-electron chi connectivity index (χ1n) is 16.0. The van der Waals surface area contributed by atoms with E-state index in [1.807, 2.05) is 49.4 Å². The van der Waals surface area contributed by atoms with Crippen molar-refractivity contribution in [2.24, 2.45) is 5.92 Å². The predicted octanol–water partition coefficient (Wildman–Crippen LogP) is 6.41. The molecule has 0 bridgehead atoms. The molecule has 48 heavy (non-hydrogen) atoms. The third kappa shape index (κ3) is 7.67. The summed E-state index contributed by atoms with van der Waals surface area (Å²) in [5, 5.41) is 13.2. The summed E-state index contributed by atoms with van der Waals surface area (Å²) in [4.78, 5) is 32.2. The summed E-state index contributed by atoms with van der Waals surface area (Å²) in [5.41, 5.74) is 4.37. The van der Waals surface area contributed by atoms with Crippen molar-refractivity contribution in [3.63, 3.8) is 0 Å². The molecule has 0 spiro atoms. The molecule has 0 saturated heterocycles. The van der Waals surface area contributed by atoms with Crippen molar-refractivity contribution < 1.29 is 33.3 Å². The van der Waals surface area contributed by atoms with Gasteiger partial charge in [0.2, 0.25) is 6.29 Å². The van der Waals surface area contributed by atoms with Crippen LogP contribution in [-0.2, 0) is 23.7 Å². The molecule has 3 atom stereocenters. The normalized spacial score (nSPS) is 17.7. The van der Waals surface area contributed by atoms with Gasteiger partial charge in [0.1, 0.15) is 10.6 Å². The Morgan fingerprint density at radius 1 is 1.02 bits per heavy atom. The van der Waals surface area contributed by atoms with Crippen molar-refractivity contribution in [1.82, 2.24) is 4.98 Å². The van der Waals surface area contributed by atoms with E-state index in [1.165, 1.54) is 11.8 Å². The van der Waals surface area contributed by atoms with E-state index in [0.29, 0.717) is 55.1 Å². The largest absolute Gasteiger partial charge is 0.464 e. The molecule has 0 aliphatic carbocycles. The lowest BCUT2D eigenvalue weighted by atomic mass is 9.81. The van der Waals surface area contributed by atoms with Crippen LogP contribution in [0.2, 0.25) is 0 Å². The molecule has 1 aliphatic heterocycles. The van der Waals surface area contributed by atoms with Gasteiger partial charge >= 0.3 is 0 Å². The summed E-state index contributed by atoms with van der Waals surface area (Å²) in [6.07, 6.45) is 2.79. The number of ether oxygens (including phenoxy) is 4. The van der Waals surface area contributed by atoms with Gasteiger partial charge in [0.25, 0.3) is 5.91 Å². The van der Waals surface area contributed by atoms with Gasteiger partial charge in [-0.2, -0.15) is 0 Å². The van der Waals surface area contributed by atoms with Crippen LogP contribution in [0.5, 0.6) is 0 Å². The number of rotatable bonds is 14. The maximum absolute atomic E-state index is 13.8. The standard InChI is InChI=1S/C37H38N2O8S/c1-3-45-37-26(14-16-43-18-19-44-17-15-40)28(29-22-46-31-7-5-4-6-27(31)34(29)41)21-32(47-37)35(42)38-25-11-9-24(10-12-25)36-39-30-13-8-23(2)20-33(30)48-36/h4-13,20-22,26,28,37,40H,3,14-19H2,1-2H3,(H,38,42). The fraction of sp³-hybridized carbons (Fsp3) is 0.324. The van der Waals surface area contributed by atoms with Crippen LogP contribution in [0.3, 0.4) is 0 Å². The van der Waals surface area contributed by atoms with Crippen LogP contribution in [0.4, 0.5) is 5.69 Å². The number of amides is 1. The Bertz CT molecular complexity index is 1950. The number of hydrogen-bond donors (Lipinski definition) is 2. The number of allylic oxidation sites excluding steroid dienone is 1. The number of benzene rings is 3. The van der Waals surface area contributed by atoms with Gasteiger partial charge in [-0.05, 0) is 80.4 Å². The molecule has 5 aromatic rings. The first-order valence-corrected chi connectivity index (χ1v) is 16.8. The Morgan fingerprint density at radius 3 is 2.60 bits per heavy atom. The number of aryl methyl sites for hydroxylation is 1. The number of thiazole rings is 1. The van der Waals surface area contributed by atoms with Crippen molar-refractivity contribution in [2.45, 2.75) is 32.5 Å². The van der Waals surface area contributed by atoms with Gasteiger partial charge in [-0.15, -0.1) is 11.3 Å². The predicted molar refractivity (Wildman–Crippen MR) is 185 cm³/mol. The lowest BCUT2D eigenvalue weighted by Gasteiger charge is -2.36. The van der Waals surface area contributed by atoms with Gasteiger partial charge < -0.3 is 33.8 Å². The minimum Gasteiger partial charge on any atom is -0.464 e. The summed E-state index contributed by atoms with van der Waals surface area (Å²) in [6, 6.07) is 20.8. The summed E-state index contributed by atoms with van der Waals surface area (Å²) >= 11 is 1.62. The number of nitrogens with one attached hydrogen (secondary N) is 1. The number of carbonyl (C=O) groups excluding carboxylic acids is 1. The van der Waals surface area contributed by atoms with Crippen LogP contribution in [0.25, 0.3) is 31.8 Å². The zero-order valence-electron chi connectivity index (χ0n) is 26.8. The fourth-order valence-corrected chi connectivity index (χ4v) is 6.84. The monoisotopic (exact) mass is 670 g/mol. The van der Waals surface area contributed by atoms with Crippen molar-refractivity contribution in [1.29, 1.82) is 0 Å². The van der Waals surface area contributed by atoms with Gasteiger partial charge in [-0.3, -0.25) is 9.59 Å².